The van der Waals surface area contributed by atoms with Gasteiger partial charge in [-0.2, -0.15) is 0 Å². The van der Waals surface area contributed by atoms with Gasteiger partial charge in [0, 0.05) is 0 Å². The van der Waals surface area contributed by atoms with Gasteiger partial charge in [-0.1, -0.05) is 12.8 Å². The topological polar surface area (TPSA) is 61.4 Å². The molecule has 0 heterocycles. The van der Waals surface area contributed by atoms with Gasteiger partial charge >= 0.3 is 0 Å². The first-order valence-corrected chi connectivity index (χ1v) is 4.79. The third kappa shape index (κ3) is 2.67. The Kier molecular flexibility index (Phi) is 3.69. The lowest BCUT2D eigenvalue weighted by Gasteiger charge is -2.27. The number of aliphatic hydroxyl groups excluding tert-OH is 1. The van der Waals surface area contributed by atoms with Crippen LogP contribution in [0.3, 0.4) is 0 Å². The molecule has 1 amide bonds. The van der Waals surface area contributed by atoms with Gasteiger partial charge in [0.2, 0.25) is 5.91 Å². The van der Waals surface area contributed by atoms with Gasteiger partial charge in [-0.15, -0.1) is 0 Å². The minimum absolute atomic E-state index is 0.0292. The van der Waals surface area contributed by atoms with Crippen LogP contribution < -0.4 is 10.6 Å². The average Bonchev–Trinajstić information content (AvgIpc) is 2.54. The van der Waals surface area contributed by atoms with Gasteiger partial charge in [-0.25, -0.2) is 0 Å². The summed E-state index contributed by atoms with van der Waals surface area (Å²) in [5.41, 5.74) is -0.325. The molecule has 1 rings (SSSR count). The molecule has 1 saturated carbocycles. The number of rotatable bonds is 4. The molecule has 1 aliphatic carbocycles. The molecule has 0 aromatic rings. The average molecular weight is 186 g/mol. The Bertz CT molecular complexity index is 176. The number of aliphatic hydroxyl groups is 1. The Balaban J connectivity index is 2.43. The van der Waals surface area contributed by atoms with Gasteiger partial charge < -0.3 is 15.7 Å². The SMILES string of the molecule is CNCC(=O)NC1(CO)CCCC1. The van der Waals surface area contributed by atoms with Gasteiger partial charge in [0.1, 0.15) is 0 Å². The molecule has 13 heavy (non-hydrogen) atoms. The minimum atomic E-state index is -0.325. The number of carbonyl (C=O) groups is 1. The third-order valence-electron chi connectivity index (χ3n) is 2.61. The molecule has 4 heteroatoms. The summed E-state index contributed by atoms with van der Waals surface area (Å²) < 4.78 is 0. The van der Waals surface area contributed by atoms with Crippen molar-refractivity contribution in [2.45, 2.75) is 31.2 Å². The van der Waals surface area contributed by atoms with Crippen LogP contribution in [0.15, 0.2) is 0 Å². The van der Waals surface area contributed by atoms with Gasteiger partial charge in [0.15, 0.2) is 0 Å². The molecule has 0 spiro atoms. The van der Waals surface area contributed by atoms with Crippen molar-refractivity contribution in [1.29, 1.82) is 0 Å². The number of hydrogen-bond donors (Lipinski definition) is 3. The lowest BCUT2D eigenvalue weighted by Crippen LogP contribution is -2.51. The molecule has 0 atom stereocenters. The van der Waals surface area contributed by atoms with Gasteiger partial charge in [-0.3, -0.25) is 4.79 Å². The molecule has 0 bridgehead atoms. The van der Waals surface area contributed by atoms with Crippen molar-refractivity contribution in [3.8, 4) is 0 Å². The number of amides is 1. The standard InChI is InChI=1S/C9H18N2O2/c1-10-6-8(13)11-9(7-12)4-2-3-5-9/h10,12H,2-7H2,1H3,(H,11,13). The zero-order valence-corrected chi connectivity index (χ0v) is 8.10. The normalized spacial score (nSPS) is 20.2. The van der Waals surface area contributed by atoms with Crippen LogP contribution in [-0.2, 0) is 4.79 Å². The molecular weight excluding hydrogens is 168 g/mol. The van der Waals surface area contributed by atoms with Crippen molar-refractivity contribution in [2.24, 2.45) is 0 Å². The smallest absolute Gasteiger partial charge is 0.234 e. The van der Waals surface area contributed by atoms with E-state index in [-0.39, 0.29) is 18.1 Å². The first kappa shape index (κ1) is 10.5. The maximum absolute atomic E-state index is 11.3. The first-order valence-electron chi connectivity index (χ1n) is 4.79. The summed E-state index contributed by atoms with van der Waals surface area (Å²) in [4.78, 5) is 11.3. The van der Waals surface area contributed by atoms with Crippen LogP contribution >= 0.6 is 0 Å². The Labute approximate surface area is 78.7 Å². The molecule has 4 nitrogen and oxygen atoms in total. The zero-order valence-electron chi connectivity index (χ0n) is 8.10. The minimum Gasteiger partial charge on any atom is -0.394 e. The van der Waals surface area contributed by atoms with E-state index in [1.165, 1.54) is 0 Å². The van der Waals surface area contributed by atoms with Gasteiger partial charge in [-0.05, 0) is 19.9 Å². The molecule has 0 saturated heterocycles. The Morgan fingerprint density at radius 2 is 2.08 bits per heavy atom. The van der Waals surface area contributed by atoms with E-state index in [4.69, 9.17) is 0 Å². The summed E-state index contributed by atoms with van der Waals surface area (Å²) in [7, 11) is 1.74. The summed E-state index contributed by atoms with van der Waals surface area (Å²) >= 11 is 0. The first-order chi connectivity index (χ1) is 6.22. The second-order valence-corrected chi connectivity index (χ2v) is 3.72. The van der Waals surface area contributed by atoms with E-state index >= 15 is 0 Å². The van der Waals surface area contributed by atoms with Crippen LogP contribution in [0.2, 0.25) is 0 Å². The monoisotopic (exact) mass is 186 g/mol. The van der Waals surface area contributed by atoms with Crippen LogP contribution in [0.4, 0.5) is 0 Å². The van der Waals surface area contributed by atoms with E-state index < -0.39 is 0 Å². The summed E-state index contributed by atoms with van der Waals surface area (Å²) in [6, 6.07) is 0. The van der Waals surface area contributed by atoms with Crippen LogP contribution in [0.25, 0.3) is 0 Å². The second kappa shape index (κ2) is 4.58. The fourth-order valence-electron chi connectivity index (χ4n) is 1.87. The Morgan fingerprint density at radius 3 is 2.54 bits per heavy atom. The van der Waals surface area contributed by atoms with Crippen LogP contribution in [0.1, 0.15) is 25.7 Å². The number of nitrogens with one attached hydrogen (secondary N) is 2. The van der Waals surface area contributed by atoms with Crippen molar-refractivity contribution >= 4 is 5.91 Å². The van der Waals surface area contributed by atoms with Crippen LogP contribution in [0.5, 0.6) is 0 Å². The quantitative estimate of drug-likeness (QED) is 0.561. The second-order valence-electron chi connectivity index (χ2n) is 3.72. The van der Waals surface area contributed by atoms with E-state index in [9.17, 15) is 9.90 Å². The highest BCUT2D eigenvalue weighted by atomic mass is 16.3. The maximum Gasteiger partial charge on any atom is 0.234 e. The summed E-state index contributed by atoms with van der Waals surface area (Å²) in [5, 5.41) is 14.9. The van der Waals surface area contributed by atoms with E-state index in [2.05, 4.69) is 10.6 Å². The van der Waals surface area contributed by atoms with Gasteiger partial charge in [0.25, 0.3) is 0 Å². The van der Waals surface area contributed by atoms with E-state index in [1.807, 2.05) is 0 Å². The van der Waals surface area contributed by atoms with E-state index in [0.29, 0.717) is 6.54 Å². The largest absolute Gasteiger partial charge is 0.394 e. The van der Waals surface area contributed by atoms with Crippen molar-refractivity contribution < 1.29 is 9.90 Å². The van der Waals surface area contributed by atoms with Crippen molar-refractivity contribution in [3.05, 3.63) is 0 Å². The van der Waals surface area contributed by atoms with Crippen LogP contribution in [-0.4, -0.2) is 36.8 Å². The van der Waals surface area contributed by atoms with Gasteiger partial charge in [0.05, 0.1) is 18.7 Å². The highest BCUT2D eigenvalue weighted by molar-refractivity contribution is 5.78. The predicted molar refractivity (Wildman–Crippen MR) is 50.4 cm³/mol. The fourth-order valence-corrected chi connectivity index (χ4v) is 1.87. The van der Waals surface area contributed by atoms with Crippen molar-refractivity contribution in [1.82, 2.24) is 10.6 Å². The molecule has 0 aromatic heterocycles. The third-order valence-corrected chi connectivity index (χ3v) is 2.61. The Hall–Kier alpha value is -0.610. The molecular formula is C9H18N2O2. The highest BCUT2D eigenvalue weighted by Crippen LogP contribution is 2.28. The maximum atomic E-state index is 11.3. The Morgan fingerprint density at radius 1 is 1.46 bits per heavy atom. The highest BCUT2D eigenvalue weighted by Gasteiger charge is 2.34. The van der Waals surface area contributed by atoms with Crippen molar-refractivity contribution in [2.75, 3.05) is 20.2 Å². The lowest BCUT2D eigenvalue weighted by molar-refractivity contribution is -0.122. The molecule has 0 aromatic carbocycles. The molecule has 0 radical (unpaired) electrons. The molecule has 3 N–H and O–H groups in total. The molecule has 1 aliphatic rings. The van der Waals surface area contributed by atoms with Crippen molar-refractivity contribution in [3.63, 3.8) is 0 Å². The molecule has 0 unspecified atom stereocenters. The number of carbonyl (C=O) groups excluding carboxylic acids is 1. The molecule has 76 valence electrons. The summed E-state index contributed by atoms with van der Waals surface area (Å²) in [6.45, 7) is 0.379. The predicted octanol–water partition coefficient (Wildman–Crippen LogP) is -0.373. The molecule has 1 fully saturated rings. The summed E-state index contributed by atoms with van der Waals surface area (Å²) in [6.07, 6.45) is 4.00. The zero-order chi connectivity index (χ0) is 9.73. The lowest BCUT2D eigenvalue weighted by atomic mass is 9.99. The van der Waals surface area contributed by atoms with E-state index in [0.717, 1.165) is 25.7 Å². The number of hydrogen-bond acceptors (Lipinski definition) is 3. The fraction of sp³-hybridized carbons (Fsp3) is 0.889. The molecule has 0 aliphatic heterocycles. The van der Waals surface area contributed by atoms with E-state index in [1.54, 1.807) is 7.05 Å². The van der Waals surface area contributed by atoms with Crippen LogP contribution in [0, 0.1) is 0 Å². The number of likely N-dealkylation sites (N-methyl/N-ethyl adjacent to an activating group) is 1. The summed E-state index contributed by atoms with van der Waals surface area (Å²) in [5.74, 6) is -0.0292.